The van der Waals surface area contributed by atoms with Gasteiger partial charge in [-0.25, -0.2) is 0 Å². The van der Waals surface area contributed by atoms with E-state index in [1.54, 1.807) is 15.8 Å². The number of piperazine rings is 1. The van der Waals surface area contributed by atoms with Crippen LogP contribution in [0.2, 0.25) is 0 Å². The summed E-state index contributed by atoms with van der Waals surface area (Å²) in [5.74, 6) is 1.47. The number of nitrogens with zero attached hydrogens (tertiary/aromatic N) is 5. The molecule has 0 spiro atoms. The molecule has 1 aromatic heterocycles. The third kappa shape index (κ3) is 3.88. The fraction of sp³-hybridized carbons (Fsp3) is 0.476. The summed E-state index contributed by atoms with van der Waals surface area (Å²) in [4.78, 5) is 21.5. The second kappa shape index (κ2) is 8.04. The van der Waals surface area contributed by atoms with E-state index in [0.29, 0.717) is 19.0 Å². The van der Waals surface area contributed by atoms with Gasteiger partial charge in [0, 0.05) is 39.4 Å². The van der Waals surface area contributed by atoms with Crippen LogP contribution in [-0.4, -0.2) is 59.3 Å². The maximum Gasteiger partial charge on any atom is 0.246 e. The number of guanidine groups is 1. The van der Waals surface area contributed by atoms with Crippen molar-refractivity contribution in [3.8, 4) is 0 Å². The van der Waals surface area contributed by atoms with Gasteiger partial charge in [0.05, 0.1) is 11.9 Å². The summed E-state index contributed by atoms with van der Waals surface area (Å²) in [5, 5.41) is 7.54. The van der Waals surface area contributed by atoms with E-state index in [0.717, 1.165) is 44.1 Å². The van der Waals surface area contributed by atoms with Crippen molar-refractivity contribution in [1.29, 1.82) is 0 Å². The third-order valence-electron chi connectivity index (χ3n) is 5.49. The molecular formula is C21H28N6O. The van der Waals surface area contributed by atoms with Gasteiger partial charge in [-0.3, -0.25) is 14.5 Å². The van der Waals surface area contributed by atoms with E-state index in [4.69, 9.17) is 4.99 Å². The first-order valence-electron chi connectivity index (χ1n) is 10.0. The minimum atomic E-state index is 0.0816. The molecule has 1 aliphatic heterocycles. The Morgan fingerprint density at radius 2 is 2.00 bits per heavy atom. The number of amides is 1. The molecule has 7 heteroatoms. The van der Waals surface area contributed by atoms with Crippen LogP contribution in [0.15, 0.2) is 41.7 Å². The summed E-state index contributed by atoms with van der Waals surface area (Å²) < 4.78 is 1.72. The van der Waals surface area contributed by atoms with Crippen LogP contribution >= 0.6 is 0 Å². The van der Waals surface area contributed by atoms with E-state index >= 15 is 0 Å². The number of hydrogen-bond acceptors (Lipinski definition) is 3. The van der Waals surface area contributed by atoms with Gasteiger partial charge >= 0.3 is 0 Å². The molecule has 1 aromatic carbocycles. The Morgan fingerprint density at radius 3 is 2.61 bits per heavy atom. The Morgan fingerprint density at radius 1 is 1.25 bits per heavy atom. The smallest absolute Gasteiger partial charge is 0.246 e. The molecule has 1 fully saturated rings. The van der Waals surface area contributed by atoms with Crippen molar-refractivity contribution in [3.63, 3.8) is 0 Å². The number of nitrogens with one attached hydrogen (secondary N) is 1. The number of carbonyl (C=O) groups is 1. The first kappa shape index (κ1) is 18.5. The second-order valence-electron chi connectivity index (χ2n) is 7.58. The van der Waals surface area contributed by atoms with Gasteiger partial charge in [-0.2, -0.15) is 5.10 Å². The number of hydrogen-bond donors (Lipinski definition) is 1. The quantitative estimate of drug-likeness (QED) is 0.644. The number of rotatable bonds is 4. The topological polar surface area (TPSA) is 65.8 Å². The van der Waals surface area contributed by atoms with Crippen LogP contribution < -0.4 is 10.2 Å². The Bertz CT molecular complexity index is 848. The monoisotopic (exact) mass is 380 g/mol. The standard InChI is InChI=1S/C21H28N6O/c1-3-22-21(23-12-16-10-17-6-4-5-7-18(17)11-16)26-8-9-27(20(28)15-26)19-13-24-25(2)14-19/h4-7,13-14,16H,3,8-12,15H2,1-2H3,(H,22,23). The predicted octanol–water partition coefficient (Wildman–Crippen LogP) is 1.45. The largest absolute Gasteiger partial charge is 0.357 e. The Balaban J connectivity index is 1.39. The maximum atomic E-state index is 12.7. The summed E-state index contributed by atoms with van der Waals surface area (Å²) >= 11 is 0. The molecule has 1 saturated heterocycles. The van der Waals surface area contributed by atoms with Gasteiger partial charge in [0.25, 0.3) is 0 Å². The highest BCUT2D eigenvalue weighted by atomic mass is 16.2. The van der Waals surface area contributed by atoms with Crippen LogP contribution in [0.3, 0.4) is 0 Å². The molecular weight excluding hydrogens is 352 g/mol. The van der Waals surface area contributed by atoms with Crippen LogP contribution in [-0.2, 0) is 24.7 Å². The van der Waals surface area contributed by atoms with Crippen LogP contribution in [0.25, 0.3) is 0 Å². The Kier molecular flexibility index (Phi) is 5.32. The minimum absolute atomic E-state index is 0.0816. The summed E-state index contributed by atoms with van der Waals surface area (Å²) in [6, 6.07) is 8.67. The number of benzene rings is 1. The predicted molar refractivity (Wildman–Crippen MR) is 110 cm³/mol. The molecule has 4 rings (SSSR count). The molecule has 0 radical (unpaired) electrons. The fourth-order valence-corrected chi connectivity index (χ4v) is 4.10. The van der Waals surface area contributed by atoms with Gasteiger partial charge < -0.3 is 15.1 Å². The maximum absolute atomic E-state index is 12.7. The highest BCUT2D eigenvalue weighted by molar-refractivity contribution is 5.98. The summed E-state index contributed by atoms with van der Waals surface area (Å²) in [6.45, 7) is 5.39. The van der Waals surface area contributed by atoms with E-state index in [-0.39, 0.29) is 5.91 Å². The molecule has 0 atom stereocenters. The molecule has 0 saturated carbocycles. The molecule has 2 heterocycles. The summed E-state index contributed by atoms with van der Waals surface area (Å²) in [7, 11) is 1.86. The lowest BCUT2D eigenvalue weighted by atomic mass is 10.1. The van der Waals surface area contributed by atoms with Gasteiger partial charge in [-0.15, -0.1) is 0 Å². The van der Waals surface area contributed by atoms with Crippen molar-refractivity contribution >= 4 is 17.6 Å². The van der Waals surface area contributed by atoms with Crippen molar-refractivity contribution in [2.45, 2.75) is 19.8 Å². The van der Waals surface area contributed by atoms with Crippen LogP contribution in [0.5, 0.6) is 0 Å². The highest BCUT2D eigenvalue weighted by Crippen LogP contribution is 2.26. The van der Waals surface area contributed by atoms with Gasteiger partial charge in [0.1, 0.15) is 6.54 Å². The average molecular weight is 380 g/mol. The van der Waals surface area contributed by atoms with Crippen molar-refractivity contribution in [3.05, 3.63) is 47.8 Å². The first-order chi connectivity index (χ1) is 13.6. The number of aromatic nitrogens is 2. The van der Waals surface area contributed by atoms with Crippen molar-refractivity contribution in [2.24, 2.45) is 18.0 Å². The first-order valence-corrected chi connectivity index (χ1v) is 10.0. The molecule has 2 aliphatic rings. The van der Waals surface area contributed by atoms with Crippen molar-refractivity contribution in [1.82, 2.24) is 20.0 Å². The van der Waals surface area contributed by atoms with E-state index in [9.17, 15) is 4.79 Å². The molecule has 7 nitrogen and oxygen atoms in total. The van der Waals surface area contributed by atoms with Crippen LogP contribution in [0.1, 0.15) is 18.1 Å². The van der Waals surface area contributed by atoms with E-state index in [2.05, 4.69) is 46.5 Å². The normalized spacial score (nSPS) is 17.9. The third-order valence-corrected chi connectivity index (χ3v) is 5.49. The van der Waals surface area contributed by atoms with Crippen LogP contribution in [0, 0.1) is 5.92 Å². The number of fused-ring (bicyclic) bond motifs is 1. The molecule has 1 amide bonds. The van der Waals surface area contributed by atoms with E-state index in [1.165, 1.54) is 11.1 Å². The lowest BCUT2D eigenvalue weighted by Crippen LogP contribution is -2.55. The fourth-order valence-electron chi connectivity index (χ4n) is 4.10. The minimum Gasteiger partial charge on any atom is -0.357 e. The molecule has 0 unspecified atom stereocenters. The van der Waals surface area contributed by atoms with Crippen LogP contribution in [0.4, 0.5) is 5.69 Å². The lowest BCUT2D eigenvalue weighted by molar-refractivity contribution is -0.120. The zero-order chi connectivity index (χ0) is 19.5. The van der Waals surface area contributed by atoms with E-state index < -0.39 is 0 Å². The van der Waals surface area contributed by atoms with Gasteiger partial charge in [0.15, 0.2) is 5.96 Å². The second-order valence-corrected chi connectivity index (χ2v) is 7.58. The van der Waals surface area contributed by atoms with Gasteiger partial charge in [-0.05, 0) is 36.8 Å². The SMILES string of the molecule is CCNC(=NCC1Cc2ccccc2C1)N1CCN(c2cnn(C)c2)C(=O)C1. The molecule has 1 aliphatic carbocycles. The average Bonchev–Trinajstić information content (AvgIpc) is 3.30. The van der Waals surface area contributed by atoms with Gasteiger partial charge in [-0.1, -0.05) is 24.3 Å². The molecule has 1 N–H and O–H groups in total. The number of aryl methyl sites for hydroxylation is 1. The Labute approximate surface area is 166 Å². The molecule has 28 heavy (non-hydrogen) atoms. The summed E-state index contributed by atoms with van der Waals surface area (Å²) in [6.07, 6.45) is 5.80. The molecule has 0 bridgehead atoms. The van der Waals surface area contributed by atoms with Crippen molar-refractivity contribution < 1.29 is 4.79 Å². The molecule has 148 valence electrons. The lowest BCUT2D eigenvalue weighted by Gasteiger charge is -2.35. The zero-order valence-electron chi connectivity index (χ0n) is 16.6. The zero-order valence-corrected chi connectivity index (χ0v) is 16.6. The number of carbonyl (C=O) groups excluding carboxylic acids is 1. The number of anilines is 1. The summed E-state index contributed by atoms with van der Waals surface area (Å²) in [5.41, 5.74) is 3.76. The molecule has 2 aromatic rings. The number of aliphatic imine (C=N–C) groups is 1. The van der Waals surface area contributed by atoms with Crippen molar-refractivity contribution in [2.75, 3.05) is 37.6 Å². The highest BCUT2D eigenvalue weighted by Gasteiger charge is 2.28. The Hall–Kier alpha value is -2.83. The van der Waals surface area contributed by atoms with E-state index in [1.807, 2.05) is 13.2 Å². The van der Waals surface area contributed by atoms with Gasteiger partial charge in [0.2, 0.25) is 5.91 Å².